The van der Waals surface area contributed by atoms with Crippen molar-refractivity contribution in [2.24, 2.45) is 0 Å². The number of hydrogen-bond donors (Lipinski definition) is 1. The van der Waals surface area contributed by atoms with Crippen molar-refractivity contribution in [2.75, 3.05) is 6.61 Å². The zero-order chi connectivity index (χ0) is 4.12. The summed E-state index contributed by atoms with van der Waals surface area (Å²) in [6.07, 6.45) is 1.03. The van der Waals surface area contributed by atoms with Crippen LogP contribution in [0.4, 0.5) is 0 Å². The summed E-state index contributed by atoms with van der Waals surface area (Å²) in [5, 5.41) is 8.10. The Balaban J connectivity index is 2.19. The van der Waals surface area contributed by atoms with Crippen LogP contribution in [0.1, 0.15) is 6.42 Å². The molecule has 0 aromatic carbocycles. The third kappa shape index (κ3) is 4.90. The van der Waals surface area contributed by atoms with E-state index in [1.165, 1.54) is 3.93 Å². The van der Waals surface area contributed by atoms with Crippen molar-refractivity contribution in [1.82, 2.24) is 0 Å². The van der Waals surface area contributed by atoms with E-state index in [9.17, 15) is 0 Å². The van der Waals surface area contributed by atoms with E-state index in [2.05, 4.69) is 0 Å². The van der Waals surface area contributed by atoms with Crippen molar-refractivity contribution >= 4 is 0 Å². The predicted molar refractivity (Wildman–Crippen MR) is 16.5 cm³/mol. The first-order valence-corrected chi connectivity index (χ1v) is 5.70. The van der Waals surface area contributed by atoms with E-state index in [0.717, 1.165) is 32.5 Å². The van der Waals surface area contributed by atoms with Gasteiger partial charge in [0.15, 0.2) is 0 Å². The van der Waals surface area contributed by atoms with E-state index in [-0.39, 0.29) is 0 Å². The average Bonchev–Trinajstić information content (AvgIpc) is 1.41. The summed E-state index contributed by atoms with van der Waals surface area (Å²) in [5.41, 5.74) is 0. The van der Waals surface area contributed by atoms with E-state index in [0.29, 0.717) is 6.61 Å². The Kier molecular flexibility index (Phi) is 5.77. The Bertz CT molecular complexity index is 14.4. The van der Waals surface area contributed by atoms with Crippen molar-refractivity contribution in [3.05, 3.63) is 0 Å². The van der Waals surface area contributed by atoms with Gasteiger partial charge in [-0.3, -0.25) is 0 Å². The van der Waals surface area contributed by atoms with Crippen molar-refractivity contribution in [3.63, 3.8) is 0 Å². The van der Waals surface area contributed by atoms with Crippen LogP contribution in [0.5, 0.6) is 0 Å². The molecule has 0 bridgehead atoms. The third-order valence-corrected chi connectivity index (χ3v) is 2.35. The first kappa shape index (κ1) is 5.90. The summed E-state index contributed by atoms with van der Waals surface area (Å²) in [6, 6.07) is 0. The summed E-state index contributed by atoms with van der Waals surface area (Å²) < 4.78 is 1.29. The molecular weight excluding hydrogens is 253 g/mol. The van der Waals surface area contributed by atoms with Crippen molar-refractivity contribution in [1.29, 1.82) is 0 Å². The van der Waals surface area contributed by atoms with E-state index in [1.807, 2.05) is 0 Å². The van der Waals surface area contributed by atoms with Crippen molar-refractivity contribution in [2.45, 2.75) is 10.4 Å². The van der Waals surface area contributed by atoms with E-state index >= 15 is 0 Å². The molecule has 0 radical (unpaired) electrons. The van der Waals surface area contributed by atoms with Gasteiger partial charge < -0.3 is 0 Å². The molecule has 0 saturated heterocycles. The summed E-state index contributed by atoms with van der Waals surface area (Å²) in [6.45, 7) is 0.392. The fraction of sp³-hybridized carbons (Fsp3) is 1.00. The second kappa shape index (κ2) is 4.90. The molecule has 2 heteroatoms. The van der Waals surface area contributed by atoms with Gasteiger partial charge in [-0.05, 0) is 0 Å². The summed E-state index contributed by atoms with van der Waals surface area (Å²) in [5.74, 6) is 0. The number of rotatable bonds is 2. The van der Waals surface area contributed by atoms with Crippen LogP contribution in [0.2, 0.25) is 3.93 Å². The van der Waals surface area contributed by atoms with Crippen LogP contribution in [0.25, 0.3) is 0 Å². The molecule has 0 aromatic rings. The molecule has 0 aromatic heterocycles. The van der Waals surface area contributed by atoms with Crippen LogP contribution in [0.15, 0.2) is 0 Å². The first-order chi connectivity index (χ1) is 2.41. The molecule has 0 atom stereocenters. The maximum atomic E-state index is 8.10. The van der Waals surface area contributed by atoms with Crippen molar-refractivity contribution < 1.29 is 31.2 Å². The molecule has 26 valence electrons. The third-order valence-electron chi connectivity index (χ3n) is 0.408. The minimum atomic E-state index is 0.392. The van der Waals surface area contributed by atoms with Crippen molar-refractivity contribution in [3.8, 4) is 0 Å². The van der Waals surface area contributed by atoms with Crippen LogP contribution in [-0.4, -0.2) is 11.7 Å². The molecule has 0 unspecified atom stereocenters. The van der Waals surface area contributed by atoms with Crippen LogP contribution in [0.3, 0.4) is 0 Å². The Morgan fingerprint density at radius 1 is 1.60 bits per heavy atom. The molecule has 0 amide bonds. The van der Waals surface area contributed by atoms with Gasteiger partial charge in [0.1, 0.15) is 0 Å². The SMILES string of the molecule is OCC[CH2][Hg+]. The van der Waals surface area contributed by atoms with Gasteiger partial charge in [-0.2, -0.15) is 0 Å². The molecule has 0 heterocycles. The molecule has 0 aliphatic heterocycles. The molecular formula is C3H7HgO+. The average molecular weight is 260 g/mol. The first-order valence-electron chi connectivity index (χ1n) is 1.82. The Morgan fingerprint density at radius 3 is 2.20 bits per heavy atom. The zero-order valence-electron chi connectivity index (χ0n) is 3.28. The molecule has 0 rings (SSSR count). The van der Waals surface area contributed by atoms with Gasteiger partial charge in [0.05, 0.1) is 0 Å². The summed E-state index contributed by atoms with van der Waals surface area (Å²) in [7, 11) is 0. The second-order valence-corrected chi connectivity index (χ2v) is 3.68. The standard InChI is InChI=1S/C3H7O.Hg/c1-2-3-4;/h4H,1-3H2;/q;+1. The number of hydrogen-bond acceptors (Lipinski definition) is 1. The van der Waals surface area contributed by atoms with E-state index in [1.54, 1.807) is 0 Å². The van der Waals surface area contributed by atoms with Gasteiger partial charge in [0, 0.05) is 0 Å². The normalized spacial score (nSPS) is 8.60. The molecule has 0 spiro atoms. The predicted octanol–water partition coefficient (Wildman–Crippen LogP) is 0.334. The number of aliphatic hydroxyl groups excluding tert-OH is 1. The maximum absolute atomic E-state index is 8.10. The second-order valence-electron chi connectivity index (χ2n) is 0.931. The van der Waals surface area contributed by atoms with Crippen LogP contribution in [-0.2, 0) is 26.1 Å². The minimum absolute atomic E-state index is 0.392. The fourth-order valence-electron chi connectivity index (χ4n) is 0.112. The number of aliphatic hydroxyl groups is 1. The summed E-state index contributed by atoms with van der Waals surface area (Å²) in [4.78, 5) is 0. The van der Waals surface area contributed by atoms with Gasteiger partial charge in [-0.15, -0.1) is 0 Å². The topological polar surface area (TPSA) is 20.2 Å². The zero-order valence-corrected chi connectivity index (χ0v) is 8.77. The Morgan fingerprint density at radius 2 is 2.20 bits per heavy atom. The van der Waals surface area contributed by atoms with Gasteiger partial charge in [-0.25, -0.2) is 0 Å². The molecule has 5 heavy (non-hydrogen) atoms. The molecule has 0 saturated carbocycles. The summed E-state index contributed by atoms with van der Waals surface area (Å²) >= 11 is 0.913. The monoisotopic (exact) mass is 261 g/mol. The van der Waals surface area contributed by atoms with Gasteiger partial charge in [0.2, 0.25) is 0 Å². The van der Waals surface area contributed by atoms with E-state index < -0.39 is 0 Å². The van der Waals surface area contributed by atoms with Crippen LogP contribution in [0, 0.1) is 0 Å². The van der Waals surface area contributed by atoms with Crippen LogP contribution >= 0.6 is 0 Å². The molecule has 1 nitrogen and oxygen atoms in total. The Labute approximate surface area is 48.4 Å². The van der Waals surface area contributed by atoms with E-state index in [4.69, 9.17) is 5.11 Å². The van der Waals surface area contributed by atoms with Crippen LogP contribution < -0.4 is 0 Å². The molecule has 0 fully saturated rings. The molecule has 0 aliphatic carbocycles. The fourth-order valence-corrected chi connectivity index (χ4v) is 0.981. The van der Waals surface area contributed by atoms with Gasteiger partial charge in [0.25, 0.3) is 0 Å². The van der Waals surface area contributed by atoms with Gasteiger partial charge in [-0.1, -0.05) is 0 Å². The molecule has 0 aliphatic rings. The quantitative estimate of drug-likeness (QED) is 0.709. The van der Waals surface area contributed by atoms with Gasteiger partial charge >= 0.3 is 48.2 Å². The Hall–Kier alpha value is 0.895. The molecule has 1 N–H and O–H groups in total.